The Kier molecular flexibility index (Phi) is 5.62. The molecule has 0 spiro atoms. The Labute approximate surface area is 177 Å². The van der Waals surface area contributed by atoms with Crippen LogP contribution in [0.3, 0.4) is 0 Å². The number of nitrogens with one attached hydrogen (secondary N) is 1. The number of rotatable bonds is 6. The van der Waals surface area contributed by atoms with E-state index in [0.29, 0.717) is 17.8 Å². The number of para-hydroxylation sites is 1. The minimum Gasteiger partial charge on any atom is -0.353 e. The molecule has 158 valence electrons. The Morgan fingerprint density at radius 2 is 1.74 bits per heavy atom. The third-order valence-corrected chi connectivity index (χ3v) is 4.94. The zero-order chi connectivity index (χ0) is 22.0. The van der Waals surface area contributed by atoms with Gasteiger partial charge in [-0.05, 0) is 30.7 Å². The highest BCUT2D eigenvalue weighted by Gasteiger charge is 2.24. The lowest BCUT2D eigenvalue weighted by Crippen LogP contribution is -2.26. The van der Waals surface area contributed by atoms with Crippen LogP contribution in [0.15, 0.2) is 65.7 Å². The Hall–Kier alpha value is -3.81. The first-order valence-electron chi connectivity index (χ1n) is 9.89. The van der Waals surface area contributed by atoms with Gasteiger partial charge in [-0.1, -0.05) is 31.2 Å². The van der Waals surface area contributed by atoms with Crippen molar-refractivity contribution in [3.8, 4) is 16.9 Å². The molecule has 2 aromatic rings. The number of carbonyl (C=O) groups is 1. The first-order chi connectivity index (χ1) is 15.0. The fraction of sp³-hybridized carbons (Fsp3) is 0.174. The highest BCUT2D eigenvalue weighted by molar-refractivity contribution is 5.99. The maximum atomic E-state index is 13.9. The summed E-state index contributed by atoms with van der Waals surface area (Å²) in [5.74, 6) is -2.06. The second kappa shape index (κ2) is 8.51. The smallest absolute Gasteiger partial charge is 0.282 e. The van der Waals surface area contributed by atoms with Gasteiger partial charge in [0.05, 0.1) is 16.8 Å². The normalized spacial score (nSPS) is 11.1. The summed E-state index contributed by atoms with van der Waals surface area (Å²) in [6, 6.07) is 12.4. The second-order valence-electron chi connectivity index (χ2n) is 7.11. The lowest BCUT2D eigenvalue weighted by atomic mass is 10.1. The number of benzene rings is 2. The Morgan fingerprint density at radius 3 is 2.42 bits per heavy atom. The number of carbonyl (C=O) groups excluding carboxylic acids is 1. The zero-order valence-electron chi connectivity index (χ0n) is 16.8. The van der Waals surface area contributed by atoms with Crippen molar-refractivity contribution < 1.29 is 13.6 Å². The van der Waals surface area contributed by atoms with E-state index in [2.05, 4.69) is 10.4 Å². The average Bonchev–Trinajstić information content (AvgIpc) is 3.10. The summed E-state index contributed by atoms with van der Waals surface area (Å²) in [5.41, 5.74) is 0.680. The van der Waals surface area contributed by atoms with Gasteiger partial charge in [0.15, 0.2) is 0 Å². The van der Waals surface area contributed by atoms with Crippen LogP contribution in [-0.2, 0) is 13.1 Å². The lowest BCUT2D eigenvalue weighted by molar-refractivity contribution is 0.0949. The summed E-state index contributed by atoms with van der Waals surface area (Å²) in [5, 5.41) is 6.92. The van der Waals surface area contributed by atoms with E-state index in [9.17, 15) is 18.4 Å². The summed E-state index contributed by atoms with van der Waals surface area (Å²) < 4.78 is 30.8. The van der Waals surface area contributed by atoms with Crippen LogP contribution in [0.4, 0.5) is 8.78 Å². The van der Waals surface area contributed by atoms with Crippen molar-refractivity contribution in [3.05, 3.63) is 94.0 Å². The van der Waals surface area contributed by atoms with E-state index in [1.165, 1.54) is 10.7 Å². The highest BCUT2D eigenvalue weighted by Crippen LogP contribution is 2.23. The molecule has 1 amide bonds. The number of fused-ring (bicyclic) bond motifs is 1. The third kappa shape index (κ3) is 3.96. The van der Waals surface area contributed by atoms with E-state index in [-0.39, 0.29) is 28.9 Å². The largest absolute Gasteiger partial charge is 0.353 e. The monoisotopic (exact) mass is 422 g/mol. The van der Waals surface area contributed by atoms with Crippen LogP contribution in [0.1, 0.15) is 29.3 Å². The fourth-order valence-corrected chi connectivity index (χ4v) is 3.42. The van der Waals surface area contributed by atoms with Crippen molar-refractivity contribution in [1.82, 2.24) is 19.7 Å². The lowest BCUT2D eigenvalue weighted by Gasteiger charge is -2.12. The zero-order valence-corrected chi connectivity index (χ0v) is 16.8. The van der Waals surface area contributed by atoms with Crippen LogP contribution in [0.25, 0.3) is 16.9 Å². The molecule has 4 rings (SSSR count). The Balaban J connectivity index is 1.75. The van der Waals surface area contributed by atoms with Gasteiger partial charge in [-0.15, -0.1) is 0 Å². The predicted molar refractivity (Wildman–Crippen MR) is 112 cm³/mol. The van der Waals surface area contributed by atoms with Gasteiger partial charge in [-0.25, -0.2) is 8.78 Å². The second-order valence-corrected chi connectivity index (χ2v) is 7.11. The van der Waals surface area contributed by atoms with Gasteiger partial charge in [-0.3, -0.25) is 9.59 Å². The molecule has 1 N–H and O–H groups in total. The highest BCUT2D eigenvalue weighted by atomic mass is 19.1. The number of halogens is 2. The molecule has 0 aromatic heterocycles. The molecule has 0 fully saturated rings. The van der Waals surface area contributed by atoms with E-state index < -0.39 is 17.5 Å². The Bertz CT molecular complexity index is 1240. The summed E-state index contributed by atoms with van der Waals surface area (Å²) in [4.78, 5) is 25.9. The van der Waals surface area contributed by atoms with Crippen LogP contribution >= 0.6 is 0 Å². The van der Waals surface area contributed by atoms with Gasteiger partial charge in [0.2, 0.25) is 0 Å². The molecular formula is C23H20F2N4O2. The topological polar surface area (TPSA) is 68.9 Å². The molecule has 0 atom stereocenters. The molecule has 8 heteroatoms. The average molecular weight is 422 g/mol. The van der Waals surface area contributed by atoms with Gasteiger partial charge in [-0.2, -0.15) is 9.78 Å². The van der Waals surface area contributed by atoms with Crippen molar-refractivity contribution in [2.45, 2.75) is 26.4 Å². The summed E-state index contributed by atoms with van der Waals surface area (Å²) in [6.45, 7) is 2.24. The number of aromatic nitrogens is 3. The molecule has 0 unspecified atom stereocenters. The van der Waals surface area contributed by atoms with Crippen LogP contribution in [0.2, 0.25) is 0 Å². The minimum atomic E-state index is -0.741. The summed E-state index contributed by atoms with van der Waals surface area (Å²) in [6.07, 6.45) is 4.06. The van der Waals surface area contributed by atoms with Crippen molar-refractivity contribution in [2.75, 3.05) is 0 Å². The molecule has 6 nitrogen and oxygen atoms in total. The molecule has 0 aliphatic carbocycles. The molecule has 2 heterocycles. The molecule has 0 saturated carbocycles. The number of pyridine rings is 1. The van der Waals surface area contributed by atoms with Gasteiger partial charge >= 0.3 is 0 Å². The van der Waals surface area contributed by atoms with E-state index in [1.807, 2.05) is 13.0 Å². The molecule has 31 heavy (non-hydrogen) atoms. The number of nitrogens with zero attached hydrogens (tertiary/aromatic N) is 3. The fourth-order valence-electron chi connectivity index (χ4n) is 3.42. The van der Waals surface area contributed by atoms with E-state index in [0.717, 1.165) is 18.6 Å². The number of amides is 1. The first kappa shape index (κ1) is 20.5. The molecule has 0 bridgehead atoms. The van der Waals surface area contributed by atoms with Gasteiger partial charge < -0.3 is 9.88 Å². The molecule has 0 saturated heterocycles. The number of hydrogen-bond acceptors (Lipinski definition) is 3. The van der Waals surface area contributed by atoms with Gasteiger partial charge in [0, 0.05) is 31.0 Å². The van der Waals surface area contributed by atoms with Gasteiger partial charge in [0.1, 0.15) is 17.3 Å². The SMILES string of the molecule is CCCn1cc(C(=O)NCc2c(F)cccc2F)c2nn(-c3ccccc3)c(=O)c-2c1. The molecule has 2 aliphatic rings. The number of hydrogen-bond donors (Lipinski definition) is 1. The quantitative estimate of drug-likeness (QED) is 0.515. The maximum Gasteiger partial charge on any atom is 0.282 e. The summed E-state index contributed by atoms with van der Waals surface area (Å²) >= 11 is 0. The first-order valence-corrected chi connectivity index (χ1v) is 9.89. The summed E-state index contributed by atoms with van der Waals surface area (Å²) in [7, 11) is 0. The standard InChI is InChI=1S/C23H20F2N4O2/c1-2-11-28-13-17(22(30)26-12-16-19(24)9-6-10-20(16)25)21-18(14-28)23(31)29(27-21)15-7-4-3-5-8-15/h3-10,13-14H,2,11-12H2,1H3,(H,26,30). The third-order valence-electron chi connectivity index (χ3n) is 4.94. The van der Waals surface area contributed by atoms with Crippen LogP contribution in [0.5, 0.6) is 0 Å². The van der Waals surface area contributed by atoms with E-state index >= 15 is 0 Å². The molecule has 2 aliphatic heterocycles. The molecule has 2 aromatic carbocycles. The van der Waals surface area contributed by atoms with Crippen molar-refractivity contribution in [3.63, 3.8) is 0 Å². The van der Waals surface area contributed by atoms with Crippen molar-refractivity contribution in [2.24, 2.45) is 0 Å². The number of aryl methyl sites for hydroxylation is 1. The maximum absolute atomic E-state index is 13.9. The van der Waals surface area contributed by atoms with E-state index in [1.54, 1.807) is 41.2 Å². The minimum absolute atomic E-state index is 0.162. The Morgan fingerprint density at radius 1 is 1.03 bits per heavy atom. The molecular weight excluding hydrogens is 402 g/mol. The van der Waals surface area contributed by atoms with Crippen LogP contribution in [0, 0.1) is 11.6 Å². The van der Waals surface area contributed by atoms with Crippen LogP contribution in [-0.4, -0.2) is 20.3 Å². The van der Waals surface area contributed by atoms with Crippen molar-refractivity contribution >= 4 is 5.91 Å². The van der Waals surface area contributed by atoms with Crippen molar-refractivity contribution in [1.29, 1.82) is 0 Å². The van der Waals surface area contributed by atoms with E-state index in [4.69, 9.17) is 0 Å². The predicted octanol–water partition coefficient (Wildman–Crippen LogP) is 3.76. The van der Waals surface area contributed by atoms with Crippen LogP contribution < -0.4 is 10.9 Å². The molecule has 0 radical (unpaired) electrons. The van der Waals surface area contributed by atoms with Gasteiger partial charge in [0.25, 0.3) is 11.5 Å².